The van der Waals surface area contributed by atoms with Crippen LogP contribution in [0.1, 0.15) is 16.8 Å². The maximum absolute atomic E-state index is 12.1. The highest BCUT2D eigenvalue weighted by molar-refractivity contribution is 6.08. The number of nitrogens with two attached hydrogens (primary N) is 1. The van der Waals surface area contributed by atoms with Crippen molar-refractivity contribution < 1.29 is 23.9 Å². The lowest BCUT2D eigenvalue weighted by molar-refractivity contribution is -0.145. The van der Waals surface area contributed by atoms with Crippen LogP contribution >= 0.6 is 0 Å². The predicted molar refractivity (Wildman–Crippen MR) is 74.7 cm³/mol. The molecule has 1 aromatic rings. The minimum absolute atomic E-state index is 0.0294. The number of hydrogen-bond donors (Lipinski definition) is 1. The molecule has 1 aliphatic heterocycles. The number of anilines is 2. The van der Waals surface area contributed by atoms with Crippen LogP contribution in [-0.4, -0.2) is 38.6 Å². The number of benzene rings is 1. The smallest absolute Gasteiger partial charge is 0.340 e. The molecule has 1 aliphatic rings. The van der Waals surface area contributed by atoms with Crippen LogP contribution in [0.4, 0.5) is 11.4 Å². The van der Waals surface area contributed by atoms with Crippen LogP contribution in [0.5, 0.6) is 0 Å². The van der Waals surface area contributed by atoms with Crippen LogP contribution in [-0.2, 0) is 19.1 Å². The van der Waals surface area contributed by atoms with E-state index in [2.05, 4.69) is 4.74 Å². The van der Waals surface area contributed by atoms with Gasteiger partial charge in [-0.25, -0.2) is 4.79 Å². The van der Waals surface area contributed by atoms with Crippen molar-refractivity contribution in [1.82, 2.24) is 0 Å². The zero-order valence-corrected chi connectivity index (χ0v) is 11.8. The number of amides is 1. The first-order chi connectivity index (χ1) is 9.99. The summed E-state index contributed by atoms with van der Waals surface area (Å²) in [4.78, 5) is 36.9. The number of methoxy groups -OCH3 is 2. The van der Waals surface area contributed by atoms with E-state index in [-0.39, 0.29) is 35.8 Å². The number of rotatable bonds is 3. The summed E-state index contributed by atoms with van der Waals surface area (Å²) in [6.45, 7) is 0.129. The summed E-state index contributed by atoms with van der Waals surface area (Å²) in [7, 11) is 2.52. The van der Waals surface area contributed by atoms with Crippen molar-refractivity contribution in [2.45, 2.75) is 6.42 Å². The summed E-state index contributed by atoms with van der Waals surface area (Å²) in [6, 6.07) is 4.71. The van der Waals surface area contributed by atoms with E-state index in [1.54, 1.807) is 12.1 Å². The van der Waals surface area contributed by atoms with Crippen LogP contribution in [0.2, 0.25) is 0 Å². The number of carbonyl (C=O) groups is 3. The predicted octanol–water partition coefficient (Wildman–Crippen LogP) is 0.581. The quantitative estimate of drug-likeness (QED) is 0.646. The number of hydrogen-bond acceptors (Lipinski definition) is 6. The molecule has 2 rings (SSSR count). The largest absolute Gasteiger partial charge is 0.469 e. The lowest BCUT2D eigenvalue weighted by atomic mass is 10.1. The first kappa shape index (κ1) is 14.8. The summed E-state index contributed by atoms with van der Waals surface area (Å²) in [5.74, 6) is -1.90. The molecule has 1 fully saturated rings. The van der Waals surface area contributed by atoms with E-state index in [0.29, 0.717) is 0 Å². The summed E-state index contributed by atoms with van der Waals surface area (Å²) in [5.41, 5.74) is 6.64. The Bertz CT molecular complexity index is 599. The number of ether oxygens (including phenoxy) is 2. The number of nitrogen functional groups attached to an aromatic ring is 1. The Kier molecular flexibility index (Phi) is 4.11. The third-order valence-corrected chi connectivity index (χ3v) is 3.40. The van der Waals surface area contributed by atoms with Gasteiger partial charge in [-0.3, -0.25) is 9.59 Å². The van der Waals surface area contributed by atoms with Gasteiger partial charge in [0.25, 0.3) is 0 Å². The summed E-state index contributed by atoms with van der Waals surface area (Å²) in [5, 5.41) is 0. The first-order valence-corrected chi connectivity index (χ1v) is 6.34. The molecule has 1 amide bonds. The lowest BCUT2D eigenvalue weighted by Crippen LogP contribution is -2.29. The highest BCUT2D eigenvalue weighted by atomic mass is 16.5. The van der Waals surface area contributed by atoms with Gasteiger partial charge in [0.2, 0.25) is 5.91 Å². The van der Waals surface area contributed by atoms with Crippen LogP contribution < -0.4 is 10.6 Å². The van der Waals surface area contributed by atoms with Gasteiger partial charge in [0.1, 0.15) is 0 Å². The zero-order chi connectivity index (χ0) is 15.6. The van der Waals surface area contributed by atoms with Crippen molar-refractivity contribution >= 4 is 29.2 Å². The molecule has 0 spiro atoms. The van der Waals surface area contributed by atoms with Gasteiger partial charge in [0.15, 0.2) is 0 Å². The molecule has 1 aromatic carbocycles. The van der Waals surface area contributed by atoms with E-state index >= 15 is 0 Å². The molecule has 1 atom stereocenters. The molecule has 7 nitrogen and oxygen atoms in total. The van der Waals surface area contributed by atoms with Gasteiger partial charge >= 0.3 is 11.9 Å². The Morgan fingerprint density at radius 3 is 2.62 bits per heavy atom. The molecule has 7 heteroatoms. The van der Waals surface area contributed by atoms with Crippen molar-refractivity contribution in [2.75, 3.05) is 31.4 Å². The van der Waals surface area contributed by atoms with Crippen molar-refractivity contribution in [2.24, 2.45) is 5.92 Å². The summed E-state index contributed by atoms with van der Waals surface area (Å²) in [6.07, 6.45) is 0.0294. The van der Waals surface area contributed by atoms with Crippen LogP contribution in [0, 0.1) is 5.92 Å². The van der Waals surface area contributed by atoms with Gasteiger partial charge in [0, 0.05) is 13.0 Å². The van der Waals surface area contributed by atoms with E-state index in [1.165, 1.54) is 25.2 Å². The molecule has 1 heterocycles. The molecule has 0 bridgehead atoms. The lowest BCUT2D eigenvalue weighted by Gasteiger charge is -2.21. The molecular weight excluding hydrogens is 276 g/mol. The zero-order valence-electron chi connectivity index (χ0n) is 11.8. The van der Waals surface area contributed by atoms with Crippen LogP contribution in [0.15, 0.2) is 18.2 Å². The molecule has 0 aromatic heterocycles. The van der Waals surface area contributed by atoms with E-state index in [0.717, 1.165) is 0 Å². The Labute approximate surface area is 121 Å². The van der Waals surface area contributed by atoms with Gasteiger partial charge < -0.3 is 20.1 Å². The normalized spacial score (nSPS) is 17.7. The van der Waals surface area contributed by atoms with E-state index in [1.807, 2.05) is 0 Å². The molecule has 21 heavy (non-hydrogen) atoms. The minimum atomic E-state index is -0.591. The van der Waals surface area contributed by atoms with Crippen molar-refractivity contribution in [3.05, 3.63) is 23.8 Å². The van der Waals surface area contributed by atoms with Crippen molar-refractivity contribution in [3.63, 3.8) is 0 Å². The number of para-hydroxylation sites is 1. The van der Waals surface area contributed by atoms with Gasteiger partial charge in [0.05, 0.1) is 37.1 Å². The van der Waals surface area contributed by atoms with Crippen molar-refractivity contribution in [3.8, 4) is 0 Å². The fraction of sp³-hybridized carbons (Fsp3) is 0.357. The second-order valence-corrected chi connectivity index (χ2v) is 4.66. The van der Waals surface area contributed by atoms with E-state index < -0.39 is 17.9 Å². The molecule has 112 valence electrons. The molecular formula is C14H16N2O5. The second kappa shape index (κ2) is 5.82. The third-order valence-electron chi connectivity index (χ3n) is 3.40. The average molecular weight is 292 g/mol. The monoisotopic (exact) mass is 292 g/mol. The highest BCUT2D eigenvalue weighted by Gasteiger charge is 2.38. The van der Waals surface area contributed by atoms with Crippen LogP contribution in [0.25, 0.3) is 0 Å². The average Bonchev–Trinajstić information content (AvgIpc) is 2.87. The van der Waals surface area contributed by atoms with Gasteiger partial charge in [-0.15, -0.1) is 0 Å². The molecule has 2 N–H and O–H groups in total. The highest BCUT2D eigenvalue weighted by Crippen LogP contribution is 2.33. The van der Waals surface area contributed by atoms with E-state index in [4.69, 9.17) is 10.5 Å². The number of nitrogens with zero attached hydrogens (tertiary/aromatic N) is 1. The molecule has 1 unspecified atom stereocenters. The summed E-state index contributed by atoms with van der Waals surface area (Å²) >= 11 is 0. The molecule has 0 aliphatic carbocycles. The van der Waals surface area contributed by atoms with Crippen LogP contribution in [0.3, 0.4) is 0 Å². The Morgan fingerprint density at radius 1 is 1.29 bits per heavy atom. The topological polar surface area (TPSA) is 98.9 Å². The fourth-order valence-electron chi connectivity index (χ4n) is 2.39. The van der Waals surface area contributed by atoms with Gasteiger partial charge in [-0.1, -0.05) is 6.07 Å². The summed E-state index contributed by atoms with van der Waals surface area (Å²) < 4.78 is 9.35. The number of carbonyl (C=O) groups excluding carboxylic acids is 3. The van der Waals surface area contributed by atoms with Crippen molar-refractivity contribution in [1.29, 1.82) is 0 Å². The Hall–Kier alpha value is -2.57. The number of esters is 2. The fourth-order valence-corrected chi connectivity index (χ4v) is 2.39. The SMILES string of the molecule is COC(=O)c1cccc(N)c1N1CC(C(=O)OC)CC1=O. The molecule has 0 radical (unpaired) electrons. The molecule has 0 saturated carbocycles. The Balaban J connectivity index is 2.40. The van der Waals surface area contributed by atoms with Gasteiger partial charge in [-0.05, 0) is 12.1 Å². The maximum Gasteiger partial charge on any atom is 0.340 e. The maximum atomic E-state index is 12.1. The standard InChI is InChI=1S/C14H16N2O5/c1-20-13(18)8-6-11(17)16(7-8)12-9(14(19)21-2)4-3-5-10(12)15/h3-5,8H,6-7,15H2,1-2H3. The minimum Gasteiger partial charge on any atom is -0.469 e. The third kappa shape index (κ3) is 2.67. The molecule has 1 saturated heterocycles. The van der Waals surface area contributed by atoms with E-state index in [9.17, 15) is 14.4 Å². The first-order valence-electron chi connectivity index (χ1n) is 6.34. The Morgan fingerprint density at radius 2 is 2.00 bits per heavy atom. The van der Waals surface area contributed by atoms with Gasteiger partial charge in [-0.2, -0.15) is 0 Å². The second-order valence-electron chi connectivity index (χ2n) is 4.66.